The predicted octanol–water partition coefficient (Wildman–Crippen LogP) is 2.81. The van der Waals surface area contributed by atoms with Crippen molar-refractivity contribution in [1.29, 1.82) is 0 Å². The Morgan fingerprint density at radius 3 is 2.40 bits per heavy atom. The Balaban J connectivity index is 1.43. The molecule has 1 saturated heterocycles. The Morgan fingerprint density at radius 2 is 1.73 bits per heavy atom. The van der Waals surface area contributed by atoms with Crippen LogP contribution in [-0.4, -0.2) is 57.9 Å². The molecule has 0 spiro atoms. The lowest BCUT2D eigenvalue weighted by Crippen LogP contribution is -2.51. The molecule has 1 aromatic carbocycles. The van der Waals surface area contributed by atoms with Crippen LogP contribution in [0.1, 0.15) is 33.1 Å². The molecule has 0 saturated carbocycles. The van der Waals surface area contributed by atoms with Gasteiger partial charge < -0.3 is 14.3 Å². The minimum atomic E-state index is -0.356. The zero-order valence-electron chi connectivity index (χ0n) is 17.2. The third kappa shape index (κ3) is 3.77. The average molecular weight is 410 g/mol. The fourth-order valence-corrected chi connectivity index (χ4v) is 3.80. The number of benzene rings is 1. The number of pyridine rings is 1. The van der Waals surface area contributed by atoms with Crippen molar-refractivity contribution in [1.82, 2.24) is 19.9 Å². The number of aromatic nitrogens is 2. The van der Waals surface area contributed by atoms with Crippen molar-refractivity contribution in [2.24, 2.45) is 0 Å². The van der Waals surface area contributed by atoms with Crippen LogP contribution in [0.15, 0.2) is 28.8 Å². The molecule has 156 valence electrons. The number of fused-ring (bicyclic) bond motifs is 1. The molecular weight excluding hydrogens is 387 g/mol. The summed E-state index contributed by atoms with van der Waals surface area (Å²) in [6.07, 6.45) is 0.249. The number of hydrogen-bond acceptors (Lipinski definition) is 5. The van der Waals surface area contributed by atoms with Crippen LogP contribution in [0, 0.1) is 26.6 Å². The lowest BCUT2D eigenvalue weighted by molar-refractivity contribution is -0.131. The van der Waals surface area contributed by atoms with Crippen molar-refractivity contribution < 1.29 is 18.5 Å². The Morgan fingerprint density at radius 1 is 1.03 bits per heavy atom. The van der Waals surface area contributed by atoms with Crippen molar-refractivity contribution >= 4 is 22.7 Å². The lowest BCUT2D eigenvalue weighted by Gasteiger charge is -2.35. The second-order valence-electron chi connectivity index (χ2n) is 7.61. The molecule has 2 aromatic heterocycles. The number of halogens is 1. The third-order valence-corrected chi connectivity index (χ3v) is 5.63. The minimum absolute atomic E-state index is 0.00192. The van der Waals surface area contributed by atoms with Gasteiger partial charge in [-0.25, -0.2) is 4.39 Å². The van der Waals surface area contributed by atoms with Crippen LogP contribution in [0.5, 0.6) is 0 Å². The van der Waals surface area contributed by atoms with Crippen LogP contribution in [0.4, 0.5) is 4.39 Å². The number of piperazine rings is 1. The Kier molecular flexibility index (Phi) is 5.24. The summed E-state index contributed by atoms with van der Waals surface area (Å²) in [6, 6.07) is 6.10. The number of hydrogen-bond donors (Lipinski definition) is 0. The monoisotopic (exact) mass is 410 g/mol. The summed E-state index contributed by atoms with van der Waals surface area (Å²) in [7, 11) is 0. The molecule has 3 heterocycles. The normalized spacial score (nSPS) is 14.4. The van der Waals surface area contributed by atoms with E-state index in [0.717, 1.165) is 16.6 Å². The highest BCUT2D eigenvalue weighted by atomic mass is 19.1. The van der Waals surface area contributed by atoms with Gasteiger partial charge in [0.05, 0.1) is 28.9 Å². The van der Waals surface area contributed by atoms with E-state index in [2.05, 4.69) is 10.1 Å². The number of carbonyl (C=O) groups is 2. The summed E-state index contributed by atoms with van der Waals surface area (Å²) in [6.45, 7) is 7.22. The molecule has 0 unspecified atom stereocenters. The second-order valence-corrected chi connectivity index (χ2v) is 7.61. The SMILES string of the molecule is Cc1nc2cc(F)ccc2cc1C(=O)N1CCN(C(=O)Cc2c(C)noc2C)CC1. The second kappa shape index (κ2) is 7.85. The van der Waals surface area contributed by atoms with E-state index in [0.29, 0.717) is 48.7 Å². The lowest BCUT2D eigenvalue weighted by atomic mass is 10.1. The van der Waals surface area contributed by atoms with Crippen LogP contribution in [0.3, 0.4) is 0 Å². The number of carbonyl (C=O) groups excluding carboxylic acids is 2. The predicted molar refractivity (Wildman–Crippen MR) is 109 cm³/mol. The minimum Gasteiger partial charge on any atom is -0.361 e. The van der Waals surface area contributed by atoms with E-state index < -0.39 is 0 Å². The maximum atomic E-state index is 13.4. The average Bonchev–Trinajstić information content (AvgIpc) is 3.04. The molecule has 1 aliphatic heterocycles. The van der Waals surface area contributed by atoms with Gasteiger partial charge >= 0.3 is 0 Å². The van der Waals surface area contributed by atoms with Gasteiger partial charge in [0.1, 0.15) is 11.6 Å². The molecule has 1 fully saturated rings. The van der Waals surface area contributed by atoms with Gasteiger partial charge in [-0.15, -0.1) is 0 Å². The van der Waals surface area contributed by atoms with E-state index >= 15 is 0 Å². The van der Waals surface area contributed by atoms with E-state index in [1.54, 1.807) is 35.8 Å². The first kappa shape index (κ1) is 20.0. The van der Waals surface area contributed by atoms with Crippen LogP contribution in [-0.2, 0) is 11.2 Å². The first-order chi connectivity index (χ1) is 14.3. The van der Waals surface area contributed by atoms with Gasteiger partial charge in [-0.3, -0.25) is 14.6 Å². The Bertz CT molecular complexity index is 1110. The molecule has 0 bridgehead atoms. The van der Waals surface area contributed by atoms with Gasteiger partial charge in [-0.1, -0.05) is 5.16 Å². The third-order valence-electron chi connectivity index (χ3n) is 5.63. The summed E-state index contributed by atoms with van der Waals surface area (Å²) < 4.78 is 18.6. The molecule has 1 aliphatic rings. The topological polar surface area (TPSA) is 79.5 Å². The molecule has 0 N–H and O–H groups in total. The Labute approximate surface area is 173 Å². The Hall–Kier alpha value is -3.29. The molecular formula is C22H23FN4O3. The molecule has 4 rings (SSSR count). The van der Waals surface area contributed by atoms with Crippen molar-refractivity contribution in [3.63, 3.8) is 0 Å². The summed E-state index contributed by atoms with van der Waals surface area (Å²) in [5, 5.41) is 4.61. The molecule has 7 nitrogen and oxygen atoms in total. The van der Waals surface area contributed by atoms with Gasteiger partial charge in [0.2, 0.25) is 5.91 Å². The van der Waals surface area contributed by atoms with Gasteiger partial charge in [0, 0.05) is 43.2 Å². The maximum Gasteiger partial charge on any atom is 0.255 e. The molecule has 0 atom stereocenters. The van der Waals surface area contributed by atoms with Crippen molar-refractivity contribution in [3.8, 4) is 0 Å². The molecule has 0 radical (unpaired) electrons. The van der Waals surface area contributed by atoms with Crippen LogP contribution in [0.2, 0.25) is 0 Å². The van der Waals surface area contributed by atoms with Crippen molar-refractivity contribution in [3.05, 3.63) is 58.4 Å². The van der Waals surface area contributed by atoms with Gasteiger partial charge in [-0.2, -0.15) is 0 Å². The zero-order valence-corrected chi connectivity index (χ0v) is 17.2. The molecule has 8 heteroatoms. The van der Waals surface area contributed by atoms with Gasteiger partial charge in [0.25, 0.3) is 5.91 Å². The first-order valence-electron chi connectivity index (χ1n) is 9.89. The number of aryl methyl sites for hydroxylation is 3. The van der Waals surface area contributed by atoms with Crippen molar-refractivity contribution in [2.75, 3.05) is 26.2 Å². The molecule has 0 aliphatic carbocycles. The summed E-state index contributed by atoms with van der Waals surface area (Å²) in [5.41, 5.74) is 3.15. The summed E-state index contributed by atoms with van der Waals surface area (Å²) in [5.74, 6) is 0.186. The standard InChI is InChI=1S/C22H23FN4O3/c1-13-19(10-16-4-5-17(23)11-20(16)24-13)22(29)27-8-6-26(7-9-27)21(28)12-18-14(2)25-30-15(18)3/h4-5,10-11H,6-9,12H2,1-3H3. The van der Waals surface area contributed by atoms with Crippen LogP contribution >= 0.6 is 0 Å². The molecule has 30 heavy (non-hydrogen) atoms. The van der Waals surface area contributed by atoms with E-state index in [4.69, 9.17) is 4.52 Å². The number of rotatable bonds is 3. The highest BCUT2D eigenvalue weighted by molar-refractivity contribution is 5.98. The quantitative estimate of drug-likeness (QED) is 0.663. The number of nitrogens with zero attached hydrogens (tertiary/aromatic N) is 4. The highest BCUT2D eigenvalue weighted by Gasteiger charge is 2.27. The van der Waals surface area contributed by atoms with Crippen molar-refractivity contribution in [2.45, 2.75) is 27.2 Å². The van der Waals surface area contributed by atoms with Crippen LogP contribution < -0.4 is 0 Å². The molecule has 2 amide bonds. The smallest absolute Gasteiger partial charge is 0.255 e. The van der Waals surface area contributed by atoms with Gasteiger partial charge in [-0.05, 0) is 39.0 Å². The summed E-state index contributed by atoms with van der Waals surface area (Å²) in [4.78, 5) is 33.6. The van der Waals surface area contributed by atoms with E-state index in [9.17, 15) is 14.0 Å². The fourth-order valence-electron chi connectivity index (χ4n) is 3.80. The number of amides is 2. The fraction of sp³-hybridized carbons (Fsp3) is 0.364. The first-order valence-corrected chi connectivity index (χ1v) is 9.89. The van der Waals surface area contributed by atoms with Gasteiger partial charge in [0.15, 0.2) is 0 Å². The maximum absolute atomic E-state index is 13.4. The summed E-state index contributed by atoms with van der Waals surface area (Å²) >= 11 is 0. The highest BCUT2D eigenvalue weighted by Crippen LogP contribution is 2.20. The van der Waals surface area contributed by atoms with E-state index in [-0.39, 0.29) is 24.1 Å². The zero-order chi connectivity index (χ0) is 21.4. The van der Waals surface area contributed by atoms with E-state index in [1.165, 1.54) is 12.1 Å². The molecule has 3 aromatic rings. The van der Waals surface area contributed by atoms with E-state index in [1.807, 2.05) is 6.92 Å². The van der Waals surface area contributed by atoms with Crippen LogP contribution in [0.25, 0.3) is 10.9 Å². The largest absolute Gasteiger partial charge is 0.361 e.